The summed E-state index contributed by atoms with van der Waals surface area (Å²) in [6.07, 6.45) is 0. The molecule has 0 unspecified atom stereocenters. The van der Waals surface area contributed by atoms with Crippen LogP contribution in [0.25, 0.3) is 0 Å². The third-order valence-electron chi connectivity index (χ3n) is 2.64. The van der Waals surface area contributed by atoms with Gasteiger partial charge in [0, 0.05) is 17.0 Å². The molecule has 0 saturated carbocycles. The van der Waals surface area contributed by atoms with Gasteiger partial charge in [0.15, 0.2) is 0 Å². The average molecular weight is 264 g/mol. The first-order valence-corrected chi connectivity index (χ1v) is 6.02. The second kappa shape index (κ2) is 5.35. The molecular weight excluding hydrogens is 248 g/mol. The Morgan fingerprint density at radius 2 is 2.00 bits per heavy atom. The molecule has 0 aliphatic rings. The summed E-state index contributed by atoms with van der Waals surface area (Å²) in [7, 11) is 0. The van der Waals surface area contributed by atoms with Gasteiger partial charge in [0.25, 0.3) is 0 Å². The molecule has 0 saturated heterocycles. The maximum absolute atomic E-state index is 13.5. The van der Waals surface area contributed by atoms with Crippen LogP contribution in [0.15, 0.2) is 12.1 Å². The lowest BCUT2D eigenvalue weighted by atomic mass is 9.84. The molecule has 90 valence electrons. The molecule has 1 nitrogen and oxygen atoms in total. The van der Waals surface area contributed by atoms with Crippen molar-refractivity contribution in [3.63, 3.8) is 0 Å². The highest BCUT2D eigenvalue weighted by Crippen LogP contribution is 2.31. The highest BCUT2D eigenvalue weighted by Gasteiger charge is 2.24. The van der Waals surface area contributed by atoms with E-state index in [4.69, 9.17) is 23.2 Å². The largest absolute Gasteiger partial charge is 0.303 e. The highest BCUT2D eigenvalue weighted by atomic mass is 35.5. The zero-order chi connectivity index (χ0) is 12.3. The second-order valence-electron chi connectivity index (χ2n) is 4.53. The standard InChI is InChI=1S/C12H16Cl2FN/c1-8-4-10(14)9(5-11(8)15)12(2,3)6-16-7-13/h4-5,16H,6-7H2,1-3H3. The van der Waals surface area contributed by atoms with E-state index in [-0.39, 0.29) is 11.2 Å². The summed E-state index contributed by atoms with van der Waals surface area (Å²) >= 11 is 11.7. The van der Waals surface area contributed by atoms with Crippen LogP contribution in [0.3, 0.4) is 0 Å². The lowest BCUT2D eigenvalue weighted by Gasteiger charge is -2.26. The minimum absolute atomic E-state index is 0.224. The molecule has 0 bridgehead atoms. The molecular formula is C12H16Cl2FN. The van der Waals surface area contributed by atoms with E-state index in [9.17, 15) is 4.39 Å². The SMILES string of the molecule is Cc1cc(Cl)c(C(C)(C)CNCCl)cc1F. The average Bonchev–Trinajstić information content (AvgIpc) is 2.20. The summed E-state index contributed by atoms with van der Waals surface area (Å²) in [5, 5.41) is 3.63. The Morgan fingerprint density at radius 1 is 1.38 bits per heavy atom. The van der Waals surface area contributed by atoms with Crippen LogP contribution in [0.5, 0.6) is 0 Å². The number of hydrogen-bond acceptors (Lipinski definition) is 1. The van der Waals surface area contributed by atoms with Crippen LogP contribution in [0.1, 0.15) is 25.0 Å². The first-order chi connectivity index (χ1) is 7.38. The van der Waals surface area contributed by atoms with Crippen LogP contribution in [0.4, 0.5) is 4.39 Å². The number of rotatable bonds is 4. The first kappa shape index (κ1) is 13.8. The van der Waals surface area contributed by atoms with Crippen molar-refractivity contribution in [3.8, 4) is 0 Å². The van der Waals surface area contributed by atoms with E-state index in [2.05, 4.69) is 5.32 Å². The Kier molecular flexibility index (Phi) is 4.60. The monoisotopic (exact) mass is 263 g/mol. The van der Waals surface area contributed by atoms with Gasteiger partial charge in [-0.2, -0.15) is 0 Å². The highest BCUT2D eigenvalue weighted by molar-refractivity contribution is 6.31. The van der Waals surface area contributed by atoms with Gasteiger partial charge in [-0.25, -0.2) is 4.39 Å². The van der Waals surface area contributed by atoms with Crippen molar-refractivity contribution in [2.75, 3.05) is 12.5 Å². The Labute approximate surface area is 106 Å². The lowest BCUT2D eigenvalue weighted by Crippen LogP contribution is -2.32. The van der Waals surface area contributed by atoms with E-state index < -0.39 is 0 Å². The summed E-state index contributed by atoms with van der Waals surface area (Å²) in [6, 6.07) is 3.54. The van der Waals surface area contributed by atoms with Gasteiger partial charge in [0.2, 0.25) is 0 Å². The molecule has 4 heteroatoms. The predicted molar refractivity (Wildman–Crippen MR) is 67.9 cm³/mol. The van der Waals surface area contributed by atoms with Crippen molar-refractivity contribution in [1.29, 1.82) is 0 Å². The van der Waals surface area contributed by atoms with Crippen molar-refractivity contribution >= 4 is 23.2 Å². The minimum Gasteiger partial charge on any atom is -0.303 e. The fourth-order valence-electron chi connectivity index (χ4n) is 1.62. The molecule has 0 fully saturated rings. The van der Waals surface area contributed by atoms with Gasteiger partial charge >= 0.3 is 0 Å². The molecule has 16 heavy (non-hydrogen) atoms. The van der Waals surface area contributed by atoms with Crippen LogP contribution in [0, 0.1) is 12.7 Å². The first-order valence-electron chi connectivity index (χ1n) is 5.11. The Balaban J connectivity index is 3.07. The Morgan fingerprint density at radius 3 is 2.56 bits per heavy atom. The number of alkyl halides is 1. The molecule has 0 spiro atoms. The van der Waals surface area contributed by atoms with E-state index >= 15 is 0 Å². The van der Waals surface area contributed by atoms with Gasteiger partial charge in [-0.15, -0.1) is 11.6 Å². The van der Waals surface area contributed by atoms with Crippen molar-refractivity contribution in [1.82, 2.24) is 5.32 Å². The number of benzene rings is 1. The summed E-state index contributed by atoms with van der Waals surface area (Å²) < 4.78 is 13.5. The summed E-state index contributed by atoms with van der Waals surface area (Å²) in [6.45, 7) is 6.36. The smallest absolute Gasteiger partial charge is 0.126 e. The fourth-order valence-corrected chi connectivity index (χ4v) is 2.19. The number of nitrogens with one attached hydrogen (secondary N) is 1. The molecule has 0 heterocycles. The van der Waals surface area contributed by atoms with E-state index in [1.165, 1.54) is 6.07 Å². The van der Waals surface area contributed by atoms with Crippen LogP contribution in [-0.2, 0) is 5.41 Å². The molecule has 0 aliphatic heterocycles. The number of halogens is 3. The maximum atomic E-state index is 13.5. The summed E-state index contributed by atoms with van der Waals surface area (Å²) in [5.74, 6) is -0.224. The van der Waals surface area contributed by atoms with Crippen LogP contribution >= 0.6 is 23.2 Å². The summed E-state index contributed by atoms with van der Waals surface area (Å²) in [4.78, 5) is 0. The molecule has 1 N–H and O–H groups in total. The van der Waals surface area contributed by atoms with E-state index in [0.29, 0.717) is 23.1 Å². The number of hydrogen-bond donors (Lipinski definition) is 1. The zero-order valence-corrected chi connectivity index (χ0v) is 11.2. The lowest BCUT2D eigenvalue weighted by molar-refractivity contribution is 0.484. The van der Waals surface area contributed by atoms with Gasteiger partial charge in [-0.05, 0) is 30.2 Å². The van der Waals surface area contributed by atoms with Crippen molar-refractivity contribution in [3.05, 3.63) is 34.1 Å². The van der Waals surface area contributed by atoms with Gasteiger partial charge in [-0.1, -0.05) is 25.4 Å². The van der Waals surface area contributed by atoms with Crippen molar-refractivity contribution < 1.29 is 4.39 Å². The maximum Gasteiger partial charge on any atom is 0.126 e. The Hall–Kier alpha value is -0.310. The molecule has 0 radical (unpaired) electrons. The Bertz CT molecular complexity index is 378. The van der Waals surface area contributed by atoms with Gasteiger partial charge in [0.1, 0.15) is 5.82 Å². The normalized spacial score (nSPS) is 11.9. The van der Waals surface area contributed by atoms with Crippen molar-refractivity contribution in [2.24, 2.45) is 0 Å². The van der Waals surface area contributed by atoms with Gasteiger partial charge < -0.3 is 5.32 Å². The second-order valence-corrected chi connectivity index (χ2v) is 5.20. The van der Waals surface area contributed by atoms with Crippen LogP contribution in [0.2, 0.25) is 5.02 Å². The molecule has 0 amide bonds. The predicted octanol–water partition coefficient (Wildman–Crippen LogP) is 3.85. The quantitative estimate of drug-likeness (QED) is 0.643. The third kappa shape index (κ3) is 3.09. The van der Waals surface area contributed by atoms with Gasteiger partial charge in [0.05, 0.1) is 6.00 Å². The zero-order valence-electron chi connectivity index (χ0n) is 9.70. The van der Waals surface area contributed by atoms with E-state index in [1.54, 1.807) is 13.0 Å². The summed E-state index contributed by atoms with van der Waals surface area (Å²) in [5.41, 5.74) is 1.12. The van der Waals surface area contributed by atoms with Crippen LogP contribution in [-0.4, -0.2) is 12.5 Å². The van der Waals surface area contributed by atoms with E-state index in [0.717, 1.165) is 5.56 Å². The van der Waals surface area contributed by atoms with Crippen molar-refractivity contribution in [2.45, 2.75) is 26.2 Å². The molecule has 0 atom stereocenters. The fraction of sp³-hybridized carbons (Fsp3) is 0.500. The molecule has 0 aliphatic carbocycles. The third-order valence-corrected chi connectivity index (χ3v) is 3.14. The number of aryl methyl sites for hydroxylation is 1. The molecule has 1 aromatic rings. The molecule has 1 rings (SSSR count). The topological polar surface area (TPSA) is 12.0 Å². The minimum atomic E-state index is -0.249. The van der Waals surface area contributed by atoms with E-state index in [1.807, 2.05) is 13.8 Å². The molecule has 1 aromatic carbocycles. The molecule has 0 aromatic heterocycles. The van der Waals surface area contributed by atoms with Crippen LogP contribution < -0.4 is 5.32 Å². The van der Waals surface area contributed by atoms with Gasteiger partial charge in [-0.3, -0.25) is 0 Å².